The van der Waals surface area contributed by atoms with Gasteiger partial charge in [-0.25, -0.2) is 0 Å². The summed E-state index contributed by atoms with van der Waals surface area (Å²) in [5.41, 5.74) is 0. The summed E-state index contributed by atoms with van der Waals surface area (Å²) in [7, 11) is 0. The third kappa shape index (κ3) is 0.653. The Balaban J connectivity index is 2.15. The fraction of sp³-hybridized carbons (Fsp3) is 1.00. The molecular formula is C9H16. The average Bonchev–Trinajstić information content (AvgIpc) is 2.37. The van der Waals surface area contributed by atoms with Crippen molar-refractivity contribution >= 4 is 0 Å². The lowest BCUT2D eigenvalue weighted by Gasteiger charge is -2.24. The molecule has 0 nitrogen and oxygen atoms in total. The van der Waals surface area contributed by atoms with E-state index >= 15 is 0 Å². The Morgan fingerprint density at radius 1 is 0.889 bits per heavy atom. The molecule has 0 aliphatic heterocycles. The predicted octanol–water partition coefficient (Wildman–Crippen LogP) is 2.69. The van der Waals surface area contributed by atoms with Crippen LogP contribution >= 0.6 is 0 Å². The van der Waals surface area contributed by atoms with E-state index in [1.54, 1.807) is 6.42 Å². The van der Waals surface area contributed by atoms with Crippen molar-refractivity contribution in [3.05, 3.63) is 0 Å². The summed E-state index contributed by atoms with van der Waals surface area (Å²) < 4.78 is 0. The summed E-state index contributed by atoms with van der Waals surface area (Å²) in [5, 5.41) is 0. The second-order valence-electron chi connectivity index (χ2n) is 4.05. The Bertz CT molecular complexity index is 99.2. The molecule has 0 heterocycles. The molecule has 0 amide bonds. The summed E-state index contributed by atoms with van der Waals surface area (Å²) >= 11 is 0. The quantitative estimate of drug-likeness (QED) is 0.465. The van der Waals surface area contributed by atoms with Crippen molar-refractivity contribution in [2.75, 3.05) is 0 Å². The Morgan fingerprint density at radius 3 is 1.56 bits per heavy atom. The summed E-state index contributed by atoms with van der Waals surface area (Å²) in [6.45, 7) is 4.88. The van der Waals surface area contributed by atoms with Crippen LogP contribution in [0.2, 0.25) is 0 Å². The molecule has 2 bridgehead atoms. The minimum absolute atomic E-state index is 1.05. The fourth-order valence-corrected chi connectivity index (χ4v) is 2.87. The Hall–Kier alpha value is 0. The van der Waals surface area contributed by atoms with E-state index in [0.717, 1.165) is 23.7 Å². The van der Waals surface area contributed by atoms with Crippen LogP contribution in [0.3, 0.4) is 0 Å². The van der Waals surface area contributed by atoms with Crippen LogP contribution in [0.15, 0.2) is 0 Å². The van der Waals surface area contributed by atoms with E-state index in [1.807, 2.05) is 0 Å². The van der Waals surface area contributed by atoms with E-state index in [9.17, 15) is 0 Å². The fourth-order valence-electron chi connectivity index (χ4n) is 2.87. The lowest BCUT2D eigenvalue weighted by Crippen LogP contribution is -2.15. The van der Waals surface area contributed by atoms with Gasteiger partial charge in [0, 0.05) is 0 Å². The molecule has 2 rings (SSSR count). The number of rotatable bonds is 0. The molecule has 52 valence electrons. The van der Waals surface area contributed by atoms with Crippen LogP contribution in [0.1, 0.15) is 33.1 Å². The SMILES string of the molecule is CC1[C@@H]2CC[C@@H](C2)[C@@H]1C. The van der Waals surface area contributed by atoms with E-state index in [1.165, 1.54) is 12.8 Å². The number of hydrogen-bond donors (Lipinski definition) is 0. The van der Waals surface area contributed by atoms with Gasteiger partial charge in [0.05, 0.1) is 0 Å². The van der Waals surface area contributed by atoms with Gasteiger partial charge in [0.15, 0.2) is 0 Å². The van der Waals surface area contributed by atoms with Crippen LogP contribution in [0.25, 0.3) is 0 Å². The summed E-state index contributed by atoms with van der Waals surface area (Å²) in [4.78, 5) is 0. The molecule has 0 aromatic rings. The minimum Gasteiger partial charge on any atom is -0.0620 e. The molecule has 9 heavy (non-hydrogen) atoms. The van der Waals surface area contributed by atoms with Crippen molar-refractivity contribution < 1.29 is 0 Å². The van der Waals surface area contributed by atoms with Gasteiger partial charge in [-0.1, -0.05) is 13.8 Å². The summed E-state index contributed by atoms with van der Waals surface area (Å²) in [5.74, 6) is 4.32. The van der Waals surface area contributed by atoms with Gasteiger partial charge < -0.3 is 0 Å². The highest BCUT2D eigenvalue weighted by atomic mass is 14.5. The van der Waals surface area contributed by atoms with Crippen LogP contribution in [0.4, 0.5) is 0 Å². The maximum Gasteiger partial charge on any atom is -0.0383 e. The first-order valence-electron chi connectivity index (χ1n) is 4.29. The highest BCUT2D eigenvalue weighted by molar-refractivity contribution is 4.92. The van der Waals surface area contributed by atoms with E-state index < -0.39 is 0 Å². The van der Waals surface area contributed by atoms with Crippen LogP contribution < -0.4 is 0 Å². The molecule has 0 saturated heterocycles. The molecule has 0 radical (unpaired) electrons. The molecule has 0 aromatic heterocycles. The topological polar surface area (TPSA) is 0 Å². The second kappa shape index (κ2) is 1.74. The standard InChI is InChI=1S/C9H16/c1-6-7(2)9-4-3-8(6)5-9/h6-9H,3-5H2,1-2H3/t6-,7?,8+,9-/m1/s1. The zero-order valence-electron chi connectivity index (χ0n) is 6.43. The molecule has 4 atom stereocenters. The maximum absolute atomic E-state index is 2.44. The molecule has 2 fully saturated rings. The molecule has 2 aliphatic carbocycles. The third-order valence-electron chi connectivity index (χ3n) is 3.83. The predicted molar refractivity (Wildman–Crippen MR) is 39.2 cm³/mol. The van der Waals surface area contributed by atoms with Gasteiger partial charge in [-0.15, -0.1) is 0 Å². The molecule has 0 aromatic carbocycles. The second-order valence-corrected chi connectivity index (χ2v) is 4.05. The van der Waals surface area contributed by atoms with Crippen LogP contribution in [0.5, 0.6) is 0 Å². The first-order chi connectivity index (χ1) is 4.29. The van der Waals surface area contributed by atoms with Gasteiger partial charge in [0.25, 0.3) is 0 Å². The highest BCUT2D eigenvalue weighted by Gasteiger charge is 2.42. The van der Waals surface area contributed by atoms with Gasteiger partial charge >= 0.3 is 0 Å². The van der Waals surface area contributed by atoms with E-state index in [-0.39, 0.29) is 0 Å². The molecule has 2 aliphatic rings. The van der Waals surface area contributed by atoms with Crippen molar-refractivity contribution in [2.24, 2.45) is 23.7 Å². The summed E-state index contributed by atoms with van der Waals surface area (Å²) in [6.07, 6.45) is 4.63. The van der Waals surface area contributed by atoms with Crippen molar-refractivity contribution in [3.8, 4) is 0 Å². The van der Waals surface area contributed by atoms with Gasteiger partial charge in [-0.05, 0) is 42.9 Å². The van der Waals surface area contributed by atoms with Crippen molar-refractivity contribution in [2.45, 2.75) is 33.1 Å². The zero-order valence-corrected chi connectivity index (χ0v) is 6.43. The van der Waals surface area contributed by atoms with Crippen LogP contribution in [-0.4, -0.2) is 0 Å². The molecule has 1 unspecified atom stereocenters. The largest absolute Gasteiger partial charge is 0.0620 e. The van der Waals surface area contributed by atoms with Crippen LogP contribution in [-0.2, 0) is 0 Å². The smallest absolute Gasteiger partial charge is 0.0383 e. The molecule has 0 heteroatoms. The van der Waals surface area contributed by atoms with Crippen LogP contribution in [0, 0.1) is 23.7 Å². The molecule has 0 spiro atoms. The Morgan fingerprint density at radius 2 is 1.33 bits per heavy atom. The van der Waals surface area contributed by atoms with E-state index in [2.05, 4.69) is 13.8 Å². The summed E-state index contributed by atoms with van der Waals surface area (Å²) in [6, 6.07) is 0. The maximum atomic E-state index is 2.44. The highest BCUT2D eigenvalue weighted by Crippen LogP contribution is 2.51. The van der Waals surface area contributed by atoms with Crippen molar-refractivity contribution in [3.63, 3.8) is 0 Å². The normalized spacial score (nSPS) is 56.7. The molecule has 2 saturated carbocycles. The lowest BCUT2D eigenvalue weighted by molar-refractivity contribution is 0.259. The van der Waals surface area contributed by atoms with E-state index in [0.29, 0.717) is 0 Å². The Kier molecular flexibility index (Phi) is 1.12. The first kappa shape index (κ1) is 5.76. The van der Waals surface area contributed by atoms with Gasteiger partial charge in [-0.3, -0.25) is 0 Å². The van der Waals surface area contributed by atoms with Gasteiger partial charge in [0.2, 0.25) is 0 Å². The average molecular weight is 124 g/mol. The molecule has 0 N–H and O–H groups in total. The van der Waals surface area contributed by atoms with Crippen molar-refractivity contribution in [1.82, 2.24) is 0 Å². The zero-order chi connectivity index (χ0) is 6.43. The minimum atomic E-state index is 1.05. The van der Waals surface area contributed by atoms with Gasteiger partial charge in [-0.2, -0.15) is 0 Å². The monoisotopic (exact) mass is 124 g/mol. The molecular weight excluding hydrogens is 108 g/mol. The third-order valence-corrected chi connectivity index (χ3v) is 3.83. The number of fused-ring (bicyclic) bond motifs is 2. The Labute approximate surface area is 57.6 Å². The lowest BCUT2D eigenvalue weighted by atomic mass is 9.82. The van der Waals surface area contributed by atoms with Gasteiger partial charge in [0.1, 0.15) is 0 Å². The first-order valence-corrected chi connectivity index (χ1v) is 4.29. The number of hydrogen-bond acceptors (Lipinski definition) is 0. The van der Waals surface area contributed by atoms with E-state index in [4.69, 9.17) is 0 Å². The van der Waals surface area contributed by atoms with Crippen molar-refractivity contribution in [1.29, 1.82) is 0 Å².